The number of ether oxygens (including phenoxy) is 1. The van der Waals surface area contributed by atoms with Crippen molar-refractivity contribution in [3.8, 4) is 11.6 Å². The van der Waals surface area contributed by atoms with Crippen LogP contribution in [0.1, 0.15) is 5.56 Å². The van der Waals surface area contributed by atoms with Gasteiger partial charge in [0.2, 0.25) is 11.8 Å². The molecule has 0 bridgehead atoms. The van der Waals surface area contributed by atoms with E-state index in [2.05, 4.69) is 15.3 Å². The van der Waals surface area contributed by atoms with E-state index in [1.165, 1.54) is 18.3 Å². The molecule has 0 atom stereocenters. The van der Waals surface area contributed by atoms with Gasteiger partial charge in [-0.05, 0) is 29.8 Å². The van der Waals surface area contributed by atoms with E-state index in [9.17, 15) is 13.6 Å². The van der Waals surface area contributed by atoms with Crippen LogP contribution in [0, 0.1) is 11.6 Å². The Hall–Kier alpha value is -3.35. The molecule has 0 spiro atoms. The summed E-state index contributed by atoms with van der Waals surface area (Å²) < 4.78 is 31.8. The molecule has 25 heavy (non-hydrogen) atoms. The summed E-state index contributed by atoms with van der Waals surface area (Å²) in [4.78, 5) is 19.9. The van der Waals surface area contributed by atoms with Crippen molar-refractivity contribution in [2.75, 3.05) is 5.32 Å². The van der Waals surface area contributed by atoms with Crippen molar-refractivity contribution in [2.45, 2.75) is 6.42 Å². The highest BCUT2D eigenvalue weighted by molar-refractivity contribution is 5.92. The molecule has 0 radical (unpaired) electrons. The Balaban J connectivity index is 1.68. The number of anilines is 1. The van der Waals surface area contributed by atoms with Gasteiger partial charge in [0.25, 0.3) is 0 Å². The highest BCUT2D eigenvalue weighted by Gasteiger charge is 2.09. The fraction of sp³-hybridized carbons (Fsp3) is 0.0556. The number of hydrogen-bond acceptors (Lipinski definition) is 4. The lowest BCUT2D eigenvalue weighted by atomic mass is 10.2. The van der Waals surface area contributed by atoms with Crippen molar-refractivity contribution in [3.63, 3.8) is 0 Å². The molecule has 0 aliphatic heterocycles. The van der Waals surface area contributed by atoms with Crippen LogP contribution in [0.3, 0.4) is 0 Å². The van der Waals surface area contributed by atoms with E-state index in [1.807, 2.05) is 0 Å². The maximum atomic E-state index is 13.6. The molecular formula is C18H13F2N3O2. The highest BCUT2D eigenvalue weighted by Crippen LogP contribution is 2.25. The van der Waals surface area contributed by atoms with Crippen molar-refractivity contribution in [1.82, 2.24) is 9.97 Å². The zero-order valence-electron chi connectivity index (χ0n) is 12.9. The number of amides is 1. The normalized spacial score (nSPS) is 10.3. The first-order chi connectivity index (χ1) is 12.1. The predicted molar refractivity (Wildman–Crippen MR) is 87.2 cm³/mol. The summed E-state index contributed by atoms with van der Waals surface area (Å²) in [5, 5.41) is 2.70. The molecule has 2 heterocycles. The number of hydrogen-bond donors (Lipinski definition) is 1. The van der Waals surface area contributed by atoms with Gasteiger partial charge in [-0.1, -0.05) is 6.07 Å². The van der Waals surface area contributed by atoms with E-state index in [-0.39, 0.29) is 24.0 Å². The summed E-state index contributed by atoms with van der Waals surface area (Å²) in [6, 6.07) is 9.54. The molecule has 1 amide bonds. The van der Waals surface area contributed by atoms with E-state index in [4.69, 9.17) is 4.74 Å². The maximum Gasteiger partial charge on any atom is 0.228 e. The molecule has 0 saturated carbocycles. The van der Waals surface area contributed by atoms with Crippen molar-refractivity contribution < 1.29 is 18.3 Å². The zero-order chi connectivity index (χ0) is 17.6. The third kappa shape index (κ3) is 4.57. The van der Waals surface area contributed by atoms with Crippen LogP contribution in [0.2, 0.25) is 0 Å². The molecule has 126 valence electrons. The molecule has 0 aliphatic carbocycles. The largest absolute Gasteiger partial charge is 0.436 e. The number of nitrogens with one attached hydrogen (secondary N) is 1. The van der Waals surface area contributed by atoms with E-state index < -0.39 is 11.6 Å². The first-order valence-electron chi connectivity index (χ1n) is 7.38. The predicted octanol–water partition coefficient (Wildman–Crippen LogP) is 3.73. The second-order valence-corrected chi connectivity index (χ2v) is 5.15. The van der Waals surface area contributed by atoms with Crippen LogP contribution >= 0.6 is 0 Å². The van der Waals surface area contributed by atoms with Gasteiger partial charge >= 0.3 is 0 Å². The summed E-state index contributed by atoms with van der Waals surface area (Å²) in [5.41, 5.74) is 1.22. The molecule has 5 nitrogen and oxygen atoms in total. The van der Waals surface area contributed by atoms with Crippen LogP contribution in [0.15, 0.2) is 61.1 Å². The molecule has 0 unspecified atom stereocenters. The van der Waals surface area contributed by atoms with Crippen LogP contribution in [0.25, 0.3) is 0 Å². The van der Waals surface area contributed by atoms with E-state index >= 15 is 0 Å². The van der Waals surface area contributed by atoms with Gasteiger partial charge in [0.15, 0.2) is 11.6 Å². The fourth-order valence-electron chi connectivity index (χ4n) is 2.11. The van der Waals surface area contributed by atoms with E-state index in [1.54, 1.807) is 30.6 Å². The van der Waals surface area contributed by atoms with Crippen LogP contribution in [0.5, 0.6) is 11.6 Å². The third-order valence-electron chi connectivity index (χ3n) is 3.21. The summed E-state index contributed by atoms with van der Waals surface area (Å²) >= 11 is 0. The van der Waals surface area contributed by atoms with Gasteiger partial charge in [-0.2, -0.15) is 0 Å². The molecule has 0 saturated heterocycles. The molecule has 1 aromatic carbocycles. The van der Waals surface area contributed by atoms with Crippen LogP contribution in [0.4, 0.5) is 14.5 Å². The van der Waals surface area contributed by atoms with Crippen molar-refractivity contribution in [3.05, 3.63) is 78.3 Å². The van der Waals surface area contributed by atoms with Crippen molar-refractivity contribution in [1.29, 1.82) is 0 Å². The molecule has 3 aromatic rings. The standard InChI is InChI=1S/C18H13F2N3O2/c19-13-3-4-16(15(20)9-13)25-18-10-14(5-7-22-18)23-17(24)8-12-2-1-6-21-11-12/h1-7,9-11H,8H2,(H,22,23,24). The monoisotopic (exact) mass is 341 g/mol. The molecule has 7 heteroatoms. The highest BCUT2D eigenvalue weighted by atomic mass is 19.1. The topological polar surface area (TPSA) is 64.1 Å². The third-order valence-corrected chi connectivity index (χ3v) is 3.21. The first kappa shape index (κ1) is 16.5. The number of carbonyl (C=O) groups is 1. The Labute approximate surface area is 142 Å². The number of halogens is 2. The minimum absolute atomic E-state index is 0.0738. The summed E-state index contributed by atoms with van der Waals surface area (Å²) in [7, 11) is 0. The average molecular weight is 341 g/mol. The van der Waals surface area contributed by atoms with Crippen LogP contribution < -0.4 is 10.1 Å². The number of pyridine rings is 2. The number of rotatable bonds is 5. The average Bonchev–Trinajstić information content (AvgIpc) is 2.58. The summed E-state index contributed by atoms with van der Waals surface area (Å²) in [5.74, 6) is -1.86. The van der Waals surface area contributed by atoms with Gasteiger partial charge in [-0.25, -0.2) is 13.8 Å². The Kier molecular flexibility index (Phi) is 4.94. The lowest BCUT2D eigenvalue weighted by Crippen LogP contribution is -2.14. The Morgan fingerprint density at radius 3 is 2.76 bits per heavy atom. The van der Waals surface area contributed by atoms with Gasteiger partial charge in [-0.3, -0.25) is 9.78 Å². The molecule has 3 rings (SSSR count). The van der Waals surface area contributed by atoms with E-state index in [0.717, 1.165) is 17.7 Å². The molecule has 2 aromatic heterocycles. The van der Waals surface area contributed by atoms with Gasteiger partial charge in [0.05, 0.1) is 6.42 Å². The van der Waals surface area contributed by atoms with Gasteiger partial charge in [0.1, 0.15) is 5.82 Å². The Bertz CT molecular complexity index is 888. The zero-order valence-corrected chi connectivity index (χ0v) is 12.9. The first-order valence-corrected chi connectivity index (χ1v) is 7.38. The lowest BCUT2D eigenvalue weighted by Gasteiger charge is -2.09. The molecule has 0 fully saturated rings. The lowest BCUT2D eigenvalue weighted by molar-refractivity contribution is -0.115. The van der Waals surface area contributed by atoms with Crippen molar-refractivity contribution in [2.24, 2.45) is 0 Å². The fourth-order valence-corrected chi connectivity index (χ4v) is 2.11. The second kappa shape index (κ2) is 7.48. The number of aromatic nitrogens is 2. The SMILES string of the molecule is O=C(Cc1cccnc1)Nc1ccnc(Oc2ccc(F)cc2F)c1. The number of nitrogens with zero attached hydrogens (tertiary/aromatic N) is 2. The second-order valence-electron chi connectivity index (χ2n) is 5.15. The number of benzene rings is 1. The van der Waals surface area contributed by atoms with Gasteiger partial charge in [0, 0.05) is 36.4 Å². The van der Waals surface area contributed by atoms with Crippen molar-refractivity contribution >= 4 is 11.6 Å². The quantitative estimate of drug-likeness (QED) is 0.768. The smallest absolute Gasteiger partial charge is 0.228 e. The summed E-state index contributed by atoms with van der Waals surface area (Å²) in [6.45, 7) is 0. The van der Waals surface area contributed by atoms with Crippen LogP contribution in [-0.2, 0) is 11.2 Å². The number of carbonyl (C=O) groups excluding carboxylic acids is 1. The summed E-state index contributed by atoms with van der Waals surface area (Å²) in [6.07, 6.45) is 4.82. The van der Waals surface area contributed by atoms with Gasteiger partial charge in [-0.15, -0.1) is 0 Å². The van der Waals surface area contributed by atoms with Crippen LogP contribution in [-0.4, -0.2) is 15.9 Å². The Morgan fingerprint density at radius 1 is 1.12 bits per heavy atom. The minimum atomic E-state index is -0.840. The minimum Gasteiger partial charge on any atom is -0.436 e. The molecule has 1 N–H and O–H groups in total. The molecular weight excluding hydrogens is 328 g/mol. The van der Waals surface area contributed by atoms with E-state index in [0.29, 0.717) is 5.69 Å². The Morgan fingerprint density at radius 2 is 2.00 bits per heavy atom. The molecule has 0 aliphatic rings. The maximum absolute atomic E-state index is 13.6. The van der Waals surface area contributed by atoms with Gasteiger partial charge < -0.3 is 10.1 Å².